The van der Waals surface area contributed by atoms with Crippen LogP contribution in [0.3, 0.4) is 0 Å². The second-order valence-electron chi connectivity index (χ2n) is 14.2. The number of hydrogen-bond donors (Lipinski definition) is 6. The molecule has 1 aliphatic heterocycles. The molecule has 0 aliphatic carbocycles. The molecule has 1 aliphatic rings. The first-order valence-electron chi connectivity index (χ1n) is 18.5. The van der Waals surface area contributed by atoms with Gasteiger partial charge in [-0.2, -0.15) is 4.98 Å². The SMILES string of the molecule is [B]=C(NCC)c1noc(-c2cc(C(C)C)c(O)cc2O)c1-c1ccc(CN2CCN(C(=O)c3ccc(CCc4c[nH]c5nc(N)[nH]c(=O)c45)cc3)CC2)cc1. The fraction of sp³-hybridized carbons (Fsp3) is 0.293. The number of nitrogens with one attached hydrogen (secondary N) is 3. The molecule has 1 amide bonds. The number of benzene rings is 3. The van der Waals surface area contributed by atoms with Gasteiger partial charge >= 0.3 is 201 Å². The van der Waals surface area contributed by atoms with Crippen LogP contribution in [0, 0.1) is 0 Å². The molecule has 1 saturated heterocycles. The zero-order chi connectivity index (χ0) is 38.8. The number of aromatic nitrogens is 4. The number of carbonyl (C=O) groups excluding carboxylic acids is 1. The zero-order valence-corrected chi connectivity index (χ0v) is 31.1. The fourth-order valence-corrected chi connectivity index (χ4v) is 7.18. The Morgan fingerprint density at radius 3 is 2.40 bits per heavy atom. The van der Waals surface area contributed by atoms with Crippen LogP contribution in [0.4, 0.5) is 5.95 Å². The van der Waals surface area contributed by atoms with E-state index >= 15 is 0 Å². The van der Waals surface area contributed by atoms with Gasteiger partial charge in [0.05, 0.1) is 5.39 Å². The molecule has 0 saturated carbocycles. The number of nitrogen functional groups attached to an aromatic ring is 1. The average molecular weight is 740 g/mol. The van der Waals surface area contributed by atoms with Crippen LogP contribution in [0.2, 0.25) is 0 Å². The molecule has 1 radical (unpaired) electrons. The quantitative estimate of drug-likeness (QED) is 0.0961. The van der Waals surface area contributed by atoms with Crippen molar-refractivity contribution in [3.8, 4) is 33.9 Å². The van der Waals surface area contributed by atoms with Gasteiger partial charge in [-0.05, 0) is 36.1 Å². The number of phenols is 2. The Hall–Kier alpha value is -6.15. The number of aryl methyl sites for hydroxylation is 2. The first-order chi connectivity index (χ1) is 26.5. The van der Waals surface area contributed by atoms with Crippen LogP contribution in [-0.2, 0) is 19.4 Å². The van der Waals surface area contributed by atoms with Crippen molar-refractivity contribution in [2.24, 2.45) is 0 Å². The molecule has 6 aromatic rings. The van der Waals surface area contributed by atoms with Gasteiger partial charge < -0.3 is 10.7 Å². The van der Waals surface area contributed by atoms with Gasteiger partial charge in [0.15, 0.2) is 0 Å². The van der Waals surface area contributed by atoms with E-state index in [-0.39, 0.29) is 34.8 Å². The minimum absolute atomic E-state index is 0.0107. The summed E-state index contributed by atoms with van der Waals surface area (Å²) in [6.07, 6.45) is 3.14. The number of fused-ring (bicyclic) bond motifs is 1. The number of hydrogen-bond acceptors (Lipinski definition) is 10. The van der Waals surface area contributed by atoms with Gasteiger partial charge in [-0.15, -0.1) is 0 Å². The molecule has 3 aromatic carbocycles. The van der Waals surface area contributed by atoms with Crippen molar-refractivity contribution >= 4 is 36.0 Å². The number of aromatic amines is 2. The molecule has 55 heavy (non-hydrogen) atoms. The van der Waals surface area contributed by atoms with Crippen molar-refractivity contribution < 1.29 is 19.5 Å². The molecule has 13 nitrogen and oxygen atoms in total. The van der Waals surface area contributed by atoms with Crippen molar-refractivity contribution in [1.29, 1.82) is 0 Å². The van der Waals surface area contributed by atoms with Gasteiger partial charge in [-0.3, -0.25) is 14.6 Å². The predicted octanol–water partition coefficient (Wildman–Crippen LogP) is 4.69. The molecule has 14 heteroatoms. The van der Waals surface area contributed by atoms with Crippen molar-refractivity contribution in [3.05, 3.63) is 111 Å². The van der Waals surface area contributed by atoms with Crippen LogP contribution in [0.5, 0.6) is 11.5 Å². The molecule has 4 heterocycles. The van der Waals surface area contributed by atoms with E-state index in [0.29, 0.717) is 89.3 Å². The van der Waals surface area contributed by atoms with E-state index in [2.05, 4.69) is 42.5 Å². The summed E-state index contributed by atoms with van der Waals surface area (Å²) in [6, 6.07) is 18.8. The van der Waals surface area contributed by atoms with Gasteiger partial charge in [-0.1, -0.05) is 12.1 Å². The first kappa shape index (κ1) is 37.2. The number of piperazine rings is 1. The second-order valence-corrected chi connectivity index (χ2v) is 14.2. The molecule has 0 atom stereocenters. The number of rotatable bonds is 12. The van der Waals surface area contributed by atoms with E-state index in [9.17, 15) is 19.8 Å². The Morgan fingerprint density at radius 1 is 1.00 bits per heavy atom. The molecule has 7 rings (SSSR count). The number of aromatic hydroxyl groups is 2. The summed E-state index contributed by atoms with van der Waals surface area (Å²) < 4.78 is 5.83. The molecule has 3 aromatic heterocycles. The summed E-state index contributed by atoms with van der Waals surface area (Å²) in [5, 5.41) is 29.2. The number of H-pyrrole nitrogens is 2. The normalized spacial score (nSPS) is 13.5. The van der Waals surface area contributed by atoms with E-state index in [1.165, 1.54) is 6.07 Å². The van der Waals surface area contributed by atoms with Crippen LogP contribution in [0.1, 0.15) is 65.0 Å². The van der Waals surface area contributed by atoms with Crippen molar-refractivity contribution in [3.63, 3.8) is 0 Å². The summed E-state index contributed by atoms with van der Waals surface area (Å²) >= 11 is 0. The number of nitrogens with two attached hydrogens (primary N) is 1. The minimum atomic E-state index is -0.260. The number of nitrogens with zero attached hydrogens (tertiary/aromatic N) is 4. The van der Waals surface area contributed by atoms with Gasteiger partial charge in [0.25, 0.3) is 11.5 Å². The first-order valence-corrected chi connectivity index (χ1v) is 18.5. The maximum atomic E-state index is 13.4. The molecular weight excluding hydrogens is 695 g/mol. The molecule has 7 N–H and O–H groups in total. The fourth-order valence-electron chi connectivity index (χ4n) is 7.18. The van der Waals surface area contributed by atoms with Gasteiger partial charge in [0.2, 0.25) is 5.95 Å². The molecule has 0 unspecified atom stereocenters. The third-order valence-electron chi connectivity index (χ3n) is 10.2. The van der Waals surface area contributed by atoms with Crippen LogP contribution in [0.25, 0.3) is 33.5 Å². The Kier molecular flexibility index (Phi) is 10.6. The average Bonchev–Trinajstić information content (AvgIpc) is 3.79. The number of carbonyl (C=O) groups is 1. The molecule has 281 valence electrons. The summed E-state index contributed by atoms with van der Waals surface area (Å²) in [5.41, 5.74) is 12.9. The van der Waals surface area contributed by atoms with Crippen molar-refractivity contribution in [1.82, 2.24) is 35.2 Å². The summed E-state index contributed by atoms with van der Waals surface area (Å²) in [7, 11) is 6.39. The maximum absolute atomic E-state index is 13.4. The Morgan fingerprint density at radius 2 is 1.71 bits per heavy atom. The third kappa shape index (κ3) is 7.76. The van der Waals surface area contributed by atoms with E-state index in [4.69, 9.17) is 17.7 Å². The standard InChI is InChI=1S/C41H44BN8O5/c1-4-44-37(42)35-33(36(55-48-35)30-19-29(23(2)3)31(51)20-32(30)52)26-10-8-25(9-11-26)22-49-15-17-50(18-16-49)40(54)27-12-5-24(6-13-27)7-14-28-21-45-38-34(28)39(53)47-41(43)46-38/h5-6,8-13,19-21,23,44,51-52H,4,7,14-18,22H2,1-3H3,(H4,43,45,46,47,53). The van der Waals surface area contributed by atoms with Gasteiger partial charge in [0, 0.05) is 11.8 Å². The zero-order valence-electron chi connectivity index (χ0n) is 31.1. The summed E-state index contributed by atoms with van der Waals surface area (Å²) in [6.45, 7) is 9.89. The Bertz CT molecular complexity index is 2410. The van der Waals surface area contributed by atoms with Crippen molar-refractivity contribution in [2.45, 2.75) is 46.1 Å². The van der Waals surface area contributed by atoms with Crippen LogP contribution in [0.15, 0.2) is 76.2 Å². The topological polar surface area (TPSA) is 190 Å². The Labute approximate surface area is 319 Å². The van der Waals surface area contributed by atoms with Crippen LogP contribution >= 0.6 is 0 Å². The van der Waals surface area contributed by atoms with E-state index in [1.54, 1.807) is 12.3 Å². The molecule has 1 fully saturated rings. The second kappa shape index (κ2) is 15.7. The summed E-state index contributed by atoms with van der Waals surface area (Å²) in [5.74, 6) is 0.343. The predicted molar refractivity (Wildman–Crippen MR) is 214 cm³/mol. The Balaban J connectivity index is 0.980. The van der Waals surface area contributed by atoms with Crippen molar-refractivity contribution in [2.75, 3.05) is 38.5 Å². The van der Waals surface area contributed by atoms with E-state index in [0.717, 1.165) is 35.3 Å². The number of phenolic OH excluding ortho intramolecular Hbond substituents is 2. The van der Waals surface area contributed by atoms with Gasteiger partial charge in [0.1, 0.15) is 5.65 Å². The van der Waals surface area contributed by atoms with E-state index in [1.807, 2.05) is 62.1 Å². The third-order valence-corrected chi connectivity index (χ3v) is 10.2. The van der Waals surface area contributed by atoms with Crippen LogP contribution in [-0.4, -0.2) is 91.8 Å². The van der Waals surface area contributed by atoms with Gasteiger partial charge in [-0.25, -0.2) is 0 Å². The number of anilines is 1. The molecule has 0 spiro atoms. The van der Waals surface area contributed by atoms with E-state index < -0.39 is 0 Å². The summed E-state index contributed by atoms with van der Waals surface area (Å²) in [4.78, 5) is 39.8. The number of amides is 1. The van der Waals surface area contributed by atoms with Crippen LogP contribution < -0.4 is 16.6 Å². The molecule has 0 bridgehead atoms. The molecular formula is C41H44BN8O5. The monoisotopic (exact) mass is 739 g/mol.